The highest BCUT2D eigenvalue weighted by Gasteiger charge is 2.34. The molecule has 232 valence electrons. The molecule has 1 unspecified atom stereocenters. The number of hydrogen-bond acceptors (Lipinski definition) is 8. The van der Waals surface area contributed by atoms with Crippen molar-refractivity contribution in [2.45, 2.75) is 31.9 Å². The van der Waals surface area contributed by atoms with Crippen molar-refractivity contribution in [2.75, 3.05) is 32.0 Å². The first-order valence-electron chi connectivity index (χ1n) is 14.4. The summed E-state index contributed by atoms with van der Waals surface area (Å²) < 4.78 is 22.6. The molecule has 0 saturated carbocycles. The summed E-state index contributed by atoms with van der Waals surface area (Å²) >= 11 is 0. The zero-order chi connectivity index (χ0) is 32.1. The van der Waals surface area contributed by atoms with E-state index in [1.165, 1.54) is 21.3 Å². The number of carbonyl (C=O) groups is 3. The van der Waals surface area contributed by atoms with Gasteiger partial charge in [0.15, 0.2) is 17.3 Å². The van der Waals surface area contributed by atoms with Crippen LogP contribution in [0.15, 0.2) is 78.9 Å². The molecule has 10 nitrogen and oxygen atoms in total. The third-order valence-corrected chi connectivity index (χ3v) is 7.61. The molecule has 0 saturated heterocycles. The zero-order valence-electron chi connectivity index (χ0n) is 25.5. The number of anilines is 2. The van der Waals surface area contributed by atoms with Gasteiger partial charge in [-0.05, 0) is 54.3 Å². The Labute approximate surface area is 261 Å². The van der Waals surface area contributed by atoms with Gasteiger partial charge in [-0.2, -0.15) is 0 Å². The Hall–Kier alpha value is -5.35. The van der Waals surface area contributed by atoms with Crippen molar-refractivity contribution in [3.05, 3.63) is 107 Å². The smallest absolute Gasteiger partial charge is 0.256 e. The molecule has 5 rings (SSSR count). The predicted molar refractivity (Wildman–Crippen MR) is 171 cm³/mol. The van der Waals surface area contributed by atoms with Crippen molar-refractivity contribution in [3.8, 4) is 23.0 Å². The van der Waals surface area contributed by atoms with E-state index in [2.05, 4.69) is 10.6 Å². The molecule has 0 radical (unpaired) electrons. The van der Waals surface area contributed by atoms with E-state index < -0.39 is 12.1 Å². The number of Topliss-reactive ketones (excluding diaryl/α,β-unsaturated/α-hetero) is 1. The number of aryl methyl sites for hydroxylation is 1. The Bertz CT molecular complexity index is 1740. The summed E-state index contributed by atoms with van der Waals surface area (Å²) in [6, 6.07) is 22.6. The molecule has 1 aliphatic rings. The lowest BCUT2D eigenvalue weighted by atomic mass is 9.94. The summed E-state index contributed by atoms with van der Waals surface area (Å²) in [5, 5.41) is 5.74. The highest BCUT2D eigenvalue weighted by molar-refractivity contribution is 6.07. The fourth-order valence-corrected chi connectivity index (χ4v) is 5.30. The second-order valence-electron chi connectivity index (χ2n) is 10.6. The Morgan fingerprint density at radius 1 is 0.889 bits per heavy atom. The van der Waals surface area contributed by atoms with Crippen molar-refractivity contribution >= 4 is 29.0 Å². The van der Waals surface area contributed by atoms with Gasteiger partial charge in [-0.15, -0.1) is 0 Å². The summed E-state index contributed by atoms with van der Waals surface area (Å²) in [4.78, 5) is 39.4. The van der Waals surface area contributed by atoms with Crippen LogP contribution in [-0.2, 0) is 11.2 Å². The van der Waals surface area contributed by atoms with Crippen molar-refractivity contribution in [3.63, 3.8) is 0 Å². The van der Waals surface area contributed by atoms with Crippen molar-refractivity contribution in [2.24, 2.45) is 5.73 Å². The first-order valence-corrected chi connectivity index (χ1v) is 14.4. The minimum Gasteiger partial charge on any atom is -0.493 e. The summed E-state index contributed by atoms with van der Waals surface area (Å²) in [6.45, 7) is 1.81. The van der Waals surface area contributed by atoms with Gasteiger partial charge in [0.1, 0.15) is 17.4 Å². The van der Waals surface area contributed by atoms with Crippen molar-refractivity contribution in [1.82, 2.24) is 0 Å². The van der Waals surface area contributed by atoms with Crippen LogP contribution in [-0.4, -0.2) is 45.0 Å². The number of fused-ring (bicyclic) bond motifs is 1. The van der Waals surface area contributed by atoms with E-state index in [4.69, 9.17) is 24.7 Å². The van der Waals surface area contributed by atoms with Crippen LogP contribution in [0.5, 0.6) is 23.0 Å². The zero-order valence-corrected chi connectivity index (χ0v) is 25.5. The first kappa shape index (κ1) is 31.1. The molecule has 4 aromatic rings. The van der Waals surface area contributed by atoms with Gasteiger partial charge in [-0.25, -0.2) is 0 Å². The molecule has 4 N–H and O–H groups in total. The molecular formula is C35H35N3O7. The molecule has 2 atom stereocenters. The minimum atomic E-state index is -0.751. The number of amides is 2. The third kappa shape index (κ3) is 6.76. The first-order chi connectivity index (χ1) is 21.7. The Morgan fingerprint density at radius 3 is 2.33 bits per heavy atom. The molecule has 1 heterocycles. The van der Waals surface area contributed by atoms with Crippen molar-refractivity contribution < 1.29 is 33.3 Å². The number of benzene rings is 4. The number of carbonyl (C=O) groups excluding carboxylic acids is 3. The van der Waals surface area contributed by atoms with E-state index in [1.807, 2.05) is 43.3 Å². The molecule has 2 amide bonds. The molecule has 0 bridgehead atoms. The predicted octanol–water partition coefficient (Wildman–Crippen LogP) is 5.49. The monoisotopic (exact) mass is 609 g/mol. The van der Waals surface area contributed by atoms with Gasteiger partial charge in [0.2, 0.25) is 11.7 Å². The molecule has 0 aromatic heterocycles. The third-order valence-electron chi connectivity index (χ3n) is 7.61. The lowest BCUT2D eigenvalue weighted by Crippen LogP contribution is -2.37. The van der Waals surface area contributed by atoms with Gasteiger partial charge < -0.3 is 35.3 Å². The number of methoxy groups -OCH3 is 3. The number of hydrogen-bond donors (Lipinski definition) is 3. The van der Waals surface area contributed by atoms with Crippen LogP contribution in [0.3, 0.4) is 0 Å². The van der Waals surface area contributed by atoms with E-state index >= 15 is 0 Å². The molecule has 45 heavy (non-hydrogen) atoms. The van der Waals surface area contributed by atoms with E-state index in [-0.39, 0.29) is 29.8 Å². The quantitative estimate of drug-likeness (QED) is 0.215. The highest BCUT2D eigenvalue weighted by atomic mass is 16.5. The van der Waals surface area contributed by atoms with Gasteiger partial charge in [0.05, 0.1) is 33.8 Å². The maximum absolute atomic E-state index is 13.4. The van der Waals surface area contributed by atoms with Crippen LogP contribution in [0.2, 0.25) is 0 Å². The molecule has 4 aromatic carbocycles. The SMILES string of the molecule is COc1cc2c(c(OC)c1OC)C(=O)CC(c1cccc(NC(=O)c3cc(NC(=O)[C@@H](N)Cc4ccccc4)ccc3C)c1)O2. The maximum atomic E-state index is 13.4. The minimum absolute atomic E-state index is 0.0590. The Balaban J connectivity index is 1.31. The molecule has 0 spiro atoms. The average Bonchev–Trinajstić information content (AvgIpc) is 3.04. The molecule has 0 fully saturated rings. The molecule has 1 aliphatic heterocycles. The molecular weight excluding hydrogens is 574 g/mol. The van der Waals surface area contributed by atoms with E-state index in [0.717, 1.165) is 11.1 Å². The van der Waals surface area contributed by atoms with Gasteiger partial charge >= 0.3 is 0 Å². The Morgan fingerprint density at radius 2 is 1.62 bits per heavy atom. The second kappa shape index (κ2) is 13.5. The second-order valence-corrected chi connectivity index (χ2v) is 10.6. The van der Waals surface area contributed by atoms with Crippen LogP contribution < -0.4 is 35.3 Å². The standard InChI is InChI=1S/C35H35N3O7/c1-20-13-14-24(38-35(41)26(36)15-21-9-6-5-7-10-21)17-25(20)34(40)37-23-12-8-11-22(16-23)28-18-27(39)31-29(45-28)19-30(42-2)32(43-3)33(31)44-4/h5-14,16-17,19,26,28H,15,18,36H2,1-4H3,(H,37,40)(H,38,41)/t26-,28?/m0/s1. The Kier molecular flexibility index (Phi) is 9.34. The number of ketones is 1. The van der Waals surface area contributed by atoms with Gasteiger partial charge in [0.25, 0.3) is 5.91 Å². The van der Waals surface area contributed by atoms with Crippen molar-refractivity contribution in [1.29, 1.82) is 0 Å². The largest absolute Gasteiger partial charge is 0.493 e. The number of nitrogens with two attached hydrogens (primary N) is 1. The summed E-state index contributed by atoms with van der Waals surface area (Å²) in [7, 11) is 4.42. The lowest BCUT2D eigenvalue weighted by molar-refractivity contribution is -0.117. The average molecular weight is 610 g/mol. The van der Waals surface area contributed by atoms with E-state index in [0.29, 0.717) is 51.7 Å². The summed E-state index contributed by atoms with van der Waals surface area (Å²) in [5.74, 6) is 0.371. The summed E-state index contributed by atoms with van der Waals surface area (Å²) in [6.07, 6.45) is -0.159. The van der Waals surface area contributed by atoms with Crippen LogP contribution in [0.4, 0.5) is 11.4 Å². The molecule has 10 heteroatoms. The van der Waals surface area contributed by atoms with Crippen LogP contribution in [0, 0.1) is 6.92 Å². The van der Waals surface area contributed by atoms with Gasteiger partial charge in [-0.1, -0.05) is 48.5 Å². The maximum Gasteiger partial charge on any atom is 0.256 e. The van der Waals surface area contributed by atoms with Crippen LogP contribution in [0.25, 0.3) is 0 Å². The van der Waals surface area contributed by atoms with Gasteiger partial charge in [0, 0.05) is 23.0 Å². The number of rotatable bonds is 10. The lowest BCUT2D eigenvalue weighted by Gasteiger charge is -2.28. The van der Waals surface area contributed by atoms with Crippen LogP contribution in [0.1, 0.15) is 49.9 Å². The highest BCUT2D eigenvalue weighted by Crippen LogP contribution is 2.49. The van der Waals surface area contributed by atoms with E-state index in [9.17, 15) is 14.4 Å². The normalized spacial score (nSPS) is 14.4. The topological polar surface area (TPSA) is 138 Å². The molecule has 0 aliphatic carbocycles. The van der Waals surface area contributed by atoms with E-state index in [1.54, 1.807) is 42.5 Å². The fourth-order valence-electron chi connectivity index (χ4n) is 5.30. The van der Waals surface area contributed by atoms with Gasteiger partial charge in [-0.3, -0.25) is 14.4 Å². The van der Waals surface area contributed by atoms with Crippen LogP contribution >= 0.6 is 0 Å². The summed E-state index contributed by atoms with van der Waals surface area (Å²) in [5.41, 5.74) is 10.2. The fraction of sp³-hybridized carbons (Fsp3) is 0.229. The number of nitrogens with one attached hydrogen (secondary N) is 2. The number of ether oxygens (including phenoxy) is 4.